The van der Waals surface area contributed by atoms with Crippen LogP contribution in [0.3, 0.4) is 0 Å². The van der Waals surface area contributed by atoms with E-state index in [4.69, 9.17) is 19.2 Å². The molecule has 8 heteroatoms. The van der Waals surface area contributed by atoms with Gasteiger partial charge in [0.15, 0.2) is 0 Å². The molecule has 0 saturated heterocycles. The quantitative estimate of drug-likeness (QED) is 0.266. The summed E-state index contributed by atoms with van der Waals surface area (Å²) < 4.78 is 0. The first-order chi connectivity index (χ1) is 2.00. The van der Waals surface area contributed by atoms with E-state index in [0.29, 0.717) is 0 Å². The molecule has 0 aliphatic carbocycles. The van der Waals surface area contributed by atoms with Gasteiger partial charge in [-0.25, -0.2) is 0 Å². The molecule has 0 fully saturated rings. The summed E-state index contributed by atoms with van der Waals surface area (Å²) in [6, 6.07) is 0. The summed E-state index contributed by atoms with van der Waals surface area (Å²) in [7, 11) is -4.61. The van der Waals surface area contributed by atoms with Crippen molar-refractivity contribution >= 4 is 9.05 Å². The number of hydrogen-bond donors (Lipinski definition) is 4. The Hall–Kier alpha value is 3.72. The molecule has 0 aliphatic rings. The molecule has 2 radical (unpaired) electrons. The number of hydrogen-bond acceptors (Lipinski definition) is 4. The van der Waals surface area contributed by atoms with Gasteiger partial charge in [-0.2, -0.15) is 0 Å². The van der Waals surface area contributed by atoms with Gasteiger partial charge in [-0.1, -0.05) is 0 Å². The van der Waals surface area contributed by atoms with Crippen molar-refractivity contribution in [3.05, 3.63) is 0 Å². The maximum Gasteiger partial charge on any atom is 0.668 e. The average molecular weight is 517 g/mol. The standard InChI is InChI=1S/Gd.Lu.H4O4Si.Y/c;;1-5(2,3)4;/h;;1-4H;. The molecule has 0 aliphatic heterocycles. The third-order valence-corrected chi connectivity index (χ3v) is 0. The molecule has 0 amide bonds. The van der Waals surface area contributed by atoms with Gasteiger partial charge < -0.3 is 19.2 Å². The van der Waals surface area contributed by atoms with E-state index in [1.54, 1.807) is 0 Å². The first-order valence-corrected chi connectivity index (χ1v) is 2.68. The fourth-order valence-electron chi connectivity index (χ4n) is 0. The zero-order chi connectivity index (χ0) is 4.50. The molecule has 0 bridgehead atoms. The van der Waals surface area contributed by atoms with Crippen molar-refractivity contribution in [1.29, 1.82) is 0 Å². The molecular formula is H4GdLuO4SiY. The SMILES string of the molecule is O[Si](O)(O)O.[Gd].[Lu].[Y]. The van der Waals surface area contributed by atoms with E-state index < -0.39 is 9.05 Å². The Bertz CT molecular complexity index is 31.5. The van der Waals surface area contributed by atoms with Crippen LogP contribution in [-0.2, 0) is 32.7 Å². The maximum absolute atomic E-state index is 7.33. The predicted molar refractivity (Wildman–Crippen MR) is 14.6 cm³/mol. The Morgan fingerprint density at radius 3 is 0.875 bits per heavy atom. The van der Waals surface area contributed by atoms with Crippen molar-refractivity contribution in [3.63, 3.8) is 0 Å². The summed E-state index contributed by atoms with van der Waals surface area (Å²) in [5.74, 6) is 0. The smallest absolute Gasteiger partial charge is 0.368 e. The van der Waals surface area contributed by atoms with E-state index in [2.05, 4.69) is 0 Å². The molecule has 0 rings (SSSR count). The van der Waals surface area contributed by atoms with E-state index in [1.807, 2.05) is 0 Å². The van der Waals surface area contributed by atoms with Gasteiger partial charge in [0, 0.05) is 110 Å². The molecule has 0 heterocycles. The molecule has 0 spiro atoms. The molecule has 4 N–H and O–H groups in total. The minimum absolute atomic E-state index is 0. The van der Waals surface area contributed by atoms with E-state index in [9.17, 15) is 0 Å². The van der Waals surface area contributed by atoms with Gasteiger partial charge in [-0.05, 0) is 0 Å². The second kappa shape index (κ2) is 10.7. The van der Waals surface area contributed by atoms with Crippen LogP contribution in [0, 0.1) is 76.8 Å². The van der Waals surface area contributed by atoms with Crippen molar-refractivity contribution in [1.82, 2.24) is 0 Å². The van der Waals surface area contributed by atoms with E-state index in [1.165, 1.54) is 0 Å². The topological polar surface area (TPSA) is 80.9 Å². The summed E-state index contributed by atoms with van der Waals surface area (Å²) in [5, 5.41) is 0. The van der Waals surface area contributed by atoms with Crippen LogP contribution in [0.25, 0.3) is 0 Å². The Kier molecular flexibility index (Phi) is 30.3. The van der Waals surface area contributed by atoms with Crippen LogP contribution >= 0.6 is 0 Å². The van der Waals surface area contributed by atoms with Crippen molar-refractivity contribution in [3.8, 4) is 0 Å². The second-order valence-corrected chi connectivity index (χ2v) is 1.80. The molecule has 8 heavy (non-hydrogen) atoms. The first-order valence-electron chi connectivity index (χ1n) is 0.894. The predicted octanol–water partition coefficient (Wildman–Crippen LogP) is -2.61. The van der Waals surface area contributed by atoms with Crippen molar-refractivity contribution < 1.29 is 129 Å². The molecule has 0 aromatic rings. The summed E-state index contributed by atoms with van der Waals surface area (Å²) in [6.45, 7) is 0. The molecule has 0 atom stereocenters. The largest absolute Gasteiger partial charge is 0.668 e. The van der Waals surface area contributed by atoms with Crippen LogP contribution in [0.1, 0.15) is 0 Å². The molecule has 0 saturated carbocycles. The van der Waals surface area contributed by atoms with Crippen LogP contribution in [0.4, 0.5) is 0 Å². The van der Waals surface area contributed by atoms with Crippen molar-refractivity contribution in [2.45, 2.75) is 0 Å². The van der Waals surface area contributed by atoms with Gasteiger partial charge in [0.05, 0.1) is 0 Å². The van der Waals surface area contributed by atoms with Gasteiger partial charge in [0.25, 0.3) is 0 Å². The number of rotatable bonds is 0. The van der Waals surface area contributed by atoms with Crippen LogP contribution in [0.5, 0.6) is 0 Å². The summed E-state index contributed by atoms with van der Waals surface area (Å²) in [6.07, 6.45) is 0. The third kappa shape index (κ3) is 53.4. The second-order valence-electron chi connectivity index (χ2n) is 0.600. The van der Waals surface area contributed by atoms with Gasteiger partial charge in [-0.3, -0.25) is 0 Å². The normalized spacial score (nSPS) is 7.50. The molecule has 0 unspecified atom stereocenters. The Morgan fingerprint density at radius 2 is 0.875 bits per heavy atom. The van der Waals surface area contributed by atoms with Gasteiger partial charge in [0.1, 0.15) is 0 Å². The fraction of sp³-hybridized carbons (Fsp3) is 0. The van der Waals surface area contributed by atoms with Crippen LogP contribution < -0.4 is 0 Å². The third-order valence-electron chi connectivity index (χ3n) is 0. The van der Waals surface area contributed by atoms with E-state index in [0.717, 1.165) is 0 Å². The molecule has 4 nitrogen and oxygen atoms in total. The molecule has 58 valence electrons. The molecule has 0 aromatic heterocycles. The average Bonchev–Trinajstić information content (AvgIpc) is 0.722. The fourth-order valence-corrected chi connectivity index (χ4v) is 0. The van der Waals surface area contributed by atoms with Crippen molar-refractivity contribution in [2.24, 2.45) is 0 Å². The van der Waals surface area contributed by atoms with E-state index >= 15 is 0 Å². The Balaban J connectivity index is -0.0000000267. The monoisotopic (exact) mass is 518 g/mol. The first kappa shape index (κ1) is 22.6. The zero-order valence-electron chi connectivity index (χ0n) is 3.48. The maximum atomic E-state index is 7.33. The van der Waals surface area contributed by atoms with Crippen LogP contribution in [0.2, 0.25) is 0 Å². The Labute approximate surface area is 134 Å². The summed E-state index contributed by atoms with van der Waals surface area (Å²) >= 11 is 0. The van der Waals surface area contributed by atoms with Gasteiger partial charge in [0.2, 0.25) is 0 Å². The molecule has 0 aromatic carbocycles. The Morgan fingerprint density at radius 1 is 0.875 bits per heavy atom. The van der Waals surface area contributed by atoms with Crippen LogP contribution in [-0.4, -0.2) is 28.2 Å². The van der Waals surface area contributed by atoms with Crippen molar-refractivity contribution in [2.75, 3.05) is 0 Å². The van der Waals surface area contributed by atoms with Gasteiger partial charge in [-0.15, -0.1) is 0 Å². The minimum Gasteiger partial charge on any atom is -0.368 e. The zero-order valence-corrected chi connectivity index (χ0v) is 11.2. The van der Waals surface area contributed by atoms with Crippen LogP contribution in [0.15, 0.2) is 0 Å². The van der Waals surface area contributed by atoms with E-state index in [-0.39, 0.29) is 110 Å². The van der Waals surface area contributed by atoms with Gasteiger partial charge >= 0.3 is 9.05 Å². The minimum atomic E-state index is -4.61. The summed E-state index contributed by atoms with van der Waals surface area (Å²) in [5.41, 5.74) is 0. The summed E-state index contributed by atoms with van der Waals surface area (Å²) in [4.78, 5) is 29.3. The molecular weight excluding hydrogens is 513 g/mol.